The summed E-state index contributed by atoms with van der Waals surface area (Å²) >= 11 is 0. The minimum atomic E-state index is -0.215. The van der Waals surface area contributed by atoms with Crippen LogP contribution >= 0.6 is 0 Å². The molecule has 96 valence electrons. The summed E-state index contributed by atoms with van der Waals surface area (Å²) in [6.07, 6.45) is 8.98. The van der Waals surface area contributed by atoms with Crippen molar-refractivity contribution in [2.24, 2.45) is 0 Å². The number of nitrogens with one attached hydrogen (secondary N) is 3. The summed E-state index contributed by atoms with van der Waals surface area (Å²) < 4.78 is 0. The molecular formula is C13H18N4O. The first kappa shape index (κ1) is 12.7. The van der Waals surface area contributed by atoms with Gasteiger partial charge in [-0.1, -0.05) is 6.92 Å². The fraction of sp³-hybridized carbons (Fsp3) is 0.538. The summed E-state index contributed by atoms with van der Waals surface area (Å²) in [5.74, 6) is 2.59. The SMILES string of the molecule is C#CCC(CC)NC(=O)C1Cc2nc[nH]c2CN1. The van der Waals surface area contributed by atoms with Gasteiger partial charge >= 0.3 is 0 Å². The zero-order chi connectivity index (χ0) is 13.0. The van der Waals surface area contributed by atoms with E-state index in [9.17, 15) is 4.79 Å². The summed E-state index contributed by atoms with van der Waals surface area (Å²) in [6, 6.07) is -0.155. The van der Waals surface area contributed by atoms with Crippen molar-refractivity contribution in [3.8, 4) is 12.3 Å². The second kappa shape index (κ2) is 5.69. The molecule has 1 aromatic heterocycles. The molecule has 0 aliphatic carbocycles. The molecule has 18 heavy (non-hydrogen) atoms. The Kier molecular flexibility index (Phi) is 4.00. The lowest BCUT2D eigenvalue weighted by atomic mass is 10.0. The lowest BCUT2D eigenvalue weighted by Crippen LogP contribution is -2.50. The van der Waals surface area contributed by atoms with Gasteiger partial charge in [0.2, 0.25) is 5.91 Å². The Hall–Kier alpha value is -1.80. The monoisotopic (exact) mass is 246 g/mol. The average Bonchev–Trinajstić information content (AvgIpc) is 2.85. The van der Waals surface area contributed by atoms with Crippen molar-refractivity contribution in [2.75, 3.05) is 0 Å². The highest BCUT2D eigenvalue weighted by Gasteiger charge is 2.26. The molecule has 0 fully saturated rings. The van der Waals surface area contributed by atoms with Crippen LogP contribution in [0.3, 0.4) is 0 Å². The van der Waals surface area contributed by atoms with E-state index in [-0.39, 0.29) is 18.0 Å². The third-order valence-electron chi connectivity index (χ3n) is 3.25. The molecule has 1 aliphatic heterocycles. The summed E-state index contributed by atoms with van der Waals surface area (Å²) in [4.78, 5) is 19.4. The second-order valence-electron chi connectivity index (χ2n) is 4.49. The van der Waals surface area contributed by atoms with Crippen LogP contribution < -0.4 is 10.6 Å². The van der Waals surface area contributed by atoms with Crippen LogP contribution in [0.1, 0.15) is 31.2 Å². The first-order chi connectivity index (χ1) is 8.74. The molecule has 0 spiro atoms. The Labute approximate surface area is 107 Å². The predicted octanol–water partition coefficient (Wildman–Crippen LogP) is 0.342. The van der Waals surface area contributed by atoms with Crippen LogP contribution in [0.15, 0.2) is 6.33 Å². The molecule has 1 aromatic rings. The summed E-state index contributed by atoms with van der Waals surface area (Å²) in [5.41, 5.74) is 2.04. The number of carbonyl (C=O) groups is 1. The second-order valence-corrected chi connectivity index (χ2v) is 4.49. The van der Waals surface area contributed by atoms with E-state index in [1.165, 1.54) is 0 Å². The largest absolute Gasteiger partial charge is 0.351 e. The fourth-order valence-corrected chi connectivity index (χ4v) is 2.10. The van der Waals surface area contributed by atoms with Crippen molar-refractivity contribution in [3.63, 3.8) is 0 Å². The van der Waals surface area contributed by atoms with Gasteiger partial charge in [-0.15, -0.1) is 12.3 Å². The van der Waals surface area contributed by atoms with Crippen molar-refractivity contribution in [2.45, 2.75) is 44.8 Å². The van der Waals surface area contributed by atoms with Gasteiger partial charge in [-0.3, -0.25) is 10.1 Å². The first-order valence-electron chi connectivity index (χ1n) is 6.23. The van der Waals surface area contributed by atoms with Crippen molar-refractivity contribution in [3.05, 3.63) is 17.7 Å². The van der Waals surface area contributed by atoms with E-state index in [0.717, 1.165) is 17.8 Å². The predicted molar refractivity (Wildman–Crippen MR) is 68.6 cm³/mol. The van der Waals surface area contributed by atoms with Gasteiger partial charge in [0.15, 0.2) is 0 Å². The Morgan fingerprint density at radius 1 is 1.78 bits per heavy atom. The first-order valence-corrected chi connectivity index (χ1v) is 6.23. The fourth-order valence-electron chi connectivity index (χ4n) is 2.10. The smallest absolute Gasteiger partial charge is 0.237 e. The molecule has 5 nitrogen and oxygen atoms in total. The number of hydrogen-bond acceptors (Lipinski definition) is 3. The molecule has 1 amide bonds. The number of carbonyl (C=O) groups excluding carboxylic acids is 1. The number of nitrogens with zero attached hydrogens (tertiary/aromatic N) is 1. The highest BCUT2D eigenvalue weighted by molar-refractivity contribution is 5.82. The van der Waals surface area contributed by atoms with Gasteiger partial charge in [-0.2, -0.15) is 0 Å². The maximum atomic E-state index is 12.1. The van der Waals surface area contributed by atoms with Crippen molar-refractivity contribution in [1.29, 1.82) is 0 Å². The van der Waals surface area contributed by atoms with Crippen LogP contribution in [-0.4, -0.2) is 28.0 Å². The van der Waals surface area contributed by atoms with Crippen LogP contribution in [0.25, 0.3) is 0 Å². The van der Waals surface area contributed by atoms with Gasteiger partial charge in [0.1, 0.15) is 0 Å². The van der Waals surface area contributed by atoms with E-state index in [2.05, 4.69) is 26.5 Å². The number of amides is 1. The minimum absolute atomic E-state index is 0.00532. The van der Waals surface area contributed by atoms with Crippen LogP contribution in [0.2, 0.25) is 0 Å². The van der Waals surface area contributed by atoms with Crippen LogP contribution in [0.4, 0.5) is 0 Å². The van der Waals surface area contributed by atoms with Crippen molar-refractivity contribution >= 4 is 5.91 Å². The zero-order valence-corrected chi connectivity index (χ0v) is 10.5. The Morgan fingerprint density at radius 2 is 2.61 bits per heavy atom. The van der Waals surface area contributed by atoms with Gasteiger partial charge in [-0.25, -0.2) is 4.98 Å². The zero-order valence-electron chi connectivity index (χ0n) is 10.5. The Morgan fingerprint density at radius 3 is 3.33 bits per heavy atom. The summed E-state index contributed by atoms with van der Waals surface area (Å²) in [7, 11) is 0. The average molecular weight is 246 g/mol. The number of aromatic amines is 1. The molecule has 0 radical (unpaired) electrons. The molecule has 2 unspecified atom stereocenters. The normalized spacial score (nSPS) is 19.7. The lowest BCUT2D eigenvalue weighted by molar-refractivity contribution is -0.124. The number of terminal acetylenes is 1. The molecule has 0 saturated heterocycles. The molecule has 0 aromatic carbocycles. The maximum absolute atomic E-state index is 12.1. The maximum Gasteiger partial charge on any atom is 0.237 e. The summed E-state index contributed by atoms with van der Waals surface area (Å²) in [6.45, 7) is 2.67. The molecular weight excluding hydrogens is 228 g/mol. The van der Waals surface area contributed by atoms with Gasteiger partial charge in [0, 0.05) is 25.4 Å². The number of aromatic nitrogens is 2. The number of rotatable bonds is 4. The molecule has 0 bridgehead atoms. The quantitative estimate of drug-likeness (QED) is 0.671. The lowest BCUT2D eigenvalue weighted by Gasteiger charge is -2.24. The van der Waals surface area contributed by atoms with Crippen molar-refractivity contribution < 1.29 is 4.79 Å². The Balaban J connectivity index is 1.93. The minimum Gasteiger partial charge on any atom is -0.351 e. The van der Waals surface area contributed by atoms with Gasteiger partial charge in [0.25, 0.3) is 0 Å². The third kappa shape index (κ3) is 2.71. The topological polar surface area (TPSA) is 69.8 Å². The number of H-pyrrole nitrogens is 1. The van der Waals surface area contributed by atoms with Crippen LogP contribution in [0, 0.1) is 12.3 Å². The van der Waals surface area contributed by atoms with Gasteiger partial charge < -0.3 is 10.3 Å². The van der Waals surface area contributed by atoms with Gasteiger partial charge in [-0.05, 0) is 6.42 Å². The van der Waals surface area contributed by atoms with Crippen LogP contribution in [-0.2, 0) is 17.8 Å². The number of imidazole rings is 1. The number of fused-ring (bicyclic) bond motifs is 1. The van der Waals surface area contributed by atoms with Crippen LogP contribution in [0.5, 0.6) is 0 Å². The van der Waals surface area contributed by atoms with E-state index in [1.54, 1.807) is 6.33 Å². The highest BCUT2D eigenvalue weighted by atomic mass is 16.2. The molecule has 3 N–H and O–H groups in total. The Bertz CT molecular complexity index is 460. The highest BCUT2D eigenvalue weighted by Crippen LogP contribution is 2.12. The third-order valence-corrected chi connectivity index (χ3v) is 3.25. The van der Waals surface area contributed by atoms with E-state index < -0.39 is 0 Å². The van der Waals surface area contributed by atoms with E-state index in [4.69, 9.17) is 6.42 Å². The molecule has 2 atom stereocenters. The van der Waals surface area contributed by atoms with E-state index in [0.29, 0.717) is 19.4 Å². The van der Waals surface area contributed by atoms with Crippen molar-refractivity contribution in [1.82, 2.24) is 20.6 Å². The molecule has 2 heterocycles. The molecule has 5 heteroatoms. The molecule has 0 saturated carbocycles. The summed E-state index contributed by atoms with van der Waals surface area (Å²) in [5, 5.41) is 6.18. The number of hydrogen-bond donors (Lipinski definition) is 3. The molecule has 1 aliphatic rings. The molecule has 2 rings (SSSR count). The van der Waals surface area contributed by atoms with E-state index >= 15 is 0 Å². The van der Waals surface area contributed by atoms with E-state index in [1.807, 2.05) is 6.92 Å². The standard InChI is InChI=1S/C13H18N4O/c1-3-5-9(4-2)17-13(18)11-6-10-12(7-14-11)16-8-15-10/h1,8-9,11,14H,4-7H2,2H3,(H,15,16)(H,17,18). The van der Waals surface area contributed by atoms with Gasteiger partial charge in [0.05, 0.1) is 23.8 Å².